The van der Waals surface area contributed by atoms with E-state index in [9.17, 15) is 9.59 Å². The van der Waals surface area contributed by atoms with E-state index < -0.39 is 5.41 Å². The molecule has 1 aromatic carbocycles. The van der Waals surface area contributed by atoms with Crippen molar-refractivity contribution in [1.29, 1.82) is 0 Å². The smallest absolute Gasteiger partial charge is 0.307 e. The molecule has 1 amide bonds. The maximum Gasteiger partial charge on any atom is 0.307 e. The lowest BCUT2D eigenvalue weighted by Gasteiger charge is -2.30. The summed E-state index contributed by atoms with van der Waals surface area (Å²) in [7, 11) is 1.36. The first-order valence-electron chi connectivity index (χ1n) is 7.62. The monoisotopic (exact) mass is 367 g/mol. The van der Waals surface area contributed by atoms with Gasteiger partial charge in [0.2, 0.25) is 5.91 Å². The van der Waals surface area contributed by atoms with Gasteiger partial charge in [0.15, 0.2) is 0 Å². The van der Waals surface area contributed by atoms with E-state index in [0.717, 1.165) is 35.7 Å². The number of amides is 1. The molecule has 0 aromatic heterocycles. The van der Waals surface area contributed by atoms with Crippen molar-refractivity contribution >= 4 is 27.8 Å². The Morgan fingerprint density at radius 3 is 2.41 bits per heavy atom. The minimum atomic E-state index is -0.467. The van der Waals surface area contributed by atoms with Crippen molar-refractivity contribution in [3.8, 4) is 0 Å². The topological polar surface area (TPSA) is 55.4 Å². The van der Waals surface area contributed by atoms with Gasteiger partial charge in [-0.3, -0.25) is 9.59 Å². The average Bonchev–Trinajstić information content (AvgIpc) is 2.98. The Bertz CT molecular complexity index is 535. The zero-order valence-electron chi connectivity index (χ0n) is 13.0. The number of esters is 1. The fraction of sp³-hybridized carbons (Fsp3) is 0.529. The highest BCUT2D eigenvalue weighted by Gasteiger charge is 2.43. The van der Waals surface area contributed by atoms with Crippen LogP contribution in [0.5, 0.6) is 0 Å². The minimum absolute atomic E-state index is 0.0173. The summed E-state index contributed by atoms with van der Waals surface area (Å²) in [6, 6.07) is 7.74. The molecule has 1 aromatic rings. The van der Waals surface area contributed by atoms with Gasteiger partial charge in [0.1, 0.15) is 0 Å². The fourth-order valence-electron chi connectivity index (χ4n) is 3.14. The van der Waals surface area contributed by atoms with E-state index in [0.29, 0.717) is 0 Å². The molecule has 2 rings (SSSR count). The van der Waals surface area contributed by atoms with Crippen LogP contribution in [0.1, 0.15) is 44.6 Å². The number of methoxy groups -OCH3 is 1. The van der Waals surface area contributed by atoms with Crippen molar-refractivity contribution in [1.82, 2.24) is 5.32 Å². The molecule has 0 spiro atoms. The van der Waals surface area contributed by atoms with Gasteiger partial charge in [0.25, 0.3) is 0 Å². The number of carbonyl (C=O) groups excluding carboxylic acids is 2. The Kier molecular flexibility index (Phi) is 5.62. The lowest BCUT2D eigenvalue weighted by atomic mass is 9.78. The summed E-state index contributed by atoms with van der Waals surface area (Å²) in [5.41, 5.74) is 0.585. The van der Waals surface area contributed by atoms with Crippen LogP contribution in [0.25, 0.3) is 0 Å². The van der Waals surface area contributed by atoms with E-state index in [2.05, 4.69) is 26.0 Å². The summed E-state index contributed by atoms with van der Waals surface area (Å²) >= 11 is 3.43. The van der Waals surface area contributed by atoms with Crippen molar-refractivity contribution in [3.05, 3.63) is 34.3 Å². The van der Waals surface area contributed by atoms with Crippen LogP contribution in [0.15, 0.2) is 28.7 Å². The second-order valence-corrected chi connectivity index (χ2v) is 6.87. The predicted molar refractivity (Wildman–Crippen MR) is 88.5 cm³/mol. The third-order valence-corrected chi connectivity index (χ3v) is 4.90. The predicted octanol–water partition coefficient (Wildman–Crippen LogP) is 3.33. The molecule has 1 N–H and O–H groups in total. The minimum Gasteiger partial charge on any atom is -0.469 e. The quantitative estimate of drug-likeness (QED) is 0.812. The molecule has 1 saturated carbocycles. The summed E-state index contributed by atoms with van der Waals surface area (Å²) in [4.78, 5) is 24.2. The van der Waals surface area contributed by atoms with Crippen LogP contribution in [0.2, 0.25) is 0 Å². The van der Waals surface area contributed by atoms with E-state index in [1.54, 1.807) is 0 Å². The second-order valence-electron chi connectivity index (χ2n) is 5.95. The van der Waals surface area contributed by atoms with Gasteiger partial charge in [-0.1, -0.05) is 40.9 Å². The van der Waals surface area contributed by atoms with Gasteiger partial charge in [0, 0.05) is 10.5 Å². The Morgan fingerprint density at radius 1 is 1.27 bits per heavy atom. The van der Waals surface area contributed by atoms with Gasteiger partial charge >= 0.3 is 5.97 Å². The molecular weight excluding hydrogens is 346 g/mol. The number of hydrogen-bond acceptors (Lipinski definition) is 3. The molecule has 1 fully saturated rings. The van der Waals surface area contributed by atoms with E-state index in [1.807, 2.05) is 31.2 Å². The van der Waals surface area contributed by atoms with Gasteiger partial charge < -0.3 is 10.1 Å². The summed E-state index contributed by atoms with van der Waals surface area (Å²) in [6.07, 6.45) is 4.00. The lowest BCUT2D eigenvalue weighted by molar-refractivity contribution is -0.141. The molecule has 1 aliphatic rings. The number of rotatable bonds is 5. The Morgan fingerprint density at radius 2 is 1.86 bits per heavy atom. The van der Waals surface area contributed by atoms with Gasteiger partial charge in [-0.2, -0.15) is 0 Å². The largest absolute Gasteiger partial charge is 0.469 e. The van der Waals surface area contributed by atoms with Crippen LogP contribution in [-0.2, 0) is 19.7 Å². The fourth-order valence-corrected chi connectivity index (χ4v) is 3.40. The highest BCUT2D eigenvalue weighted by atomic mass is 79.9. The molecule has 4 nitrogen and oxygen atoms in total. The molecule has 1 aliphatic carbocycles. The van der Waals surface area contributed by atoms with Crippen LogP contribution >= 0.6 is 15.9 Å². The zero-order chi connectivity index (χ0) is 16.2. The first-order chi connectivity index (χ1) is 10.5. The third-order valence-electron chi connectivity index (χ3n) is 4.37. The number of nitrogens with one attached hydrogen (secondary N) is 1. The number of hydrogen-bond donors (Lipinski definition) is 1. The second kappa shape index (κ2) is 7.27. The van der Waals surface area contributed by atoms with Crippen molar-refractivity contribution in [2.45, 2.75) is 50.5 Å². The van der Waals surface area contributed by atoms with Gasteiger partial charge in [-0.25, -0.2) is 0 Å². The first kappa shape index (κ1) is 17.0. The molecule has 0 saturated heterocycles. The molecule has 0 bridgehead atoms. The molecule has 1 atom stereocenters. The lowest BCUT2D eigenvalue weighted by Crippen LogP contribution is -2.46. The Labute approximate surface area is 139 Å². The van der Waals surface area contributed by atoms with Crippen molar-refractivity contribution in [3.63, 3.8) is 0 Å². The number of halogens is 1. The van der Waals surface area contributed by atoms with Crippen molar-refractivity contribution in [2.24, 2.45) is 0 Å². The van der Waals surface area contributed by atoms with E-state index >= 15 is 0 Å². The van der Waals surface area contributed by atoms with E-state index in [1.165, 1.54) is 7.11 Å². The molecule has 0 radical (unpaired) electrons. The maximum atomic E-state index is 12.9. The number of carbonyl (C=O) groups is 2. The molecule has 120 valence electrons. The van der Waals surface area contributed by atoms with Crippen LogP contribution < -0.4 is 5.32 Å². The Hall–Kier alpha value is -1.36. The van der Waals surface area contributed by atoms with Crippen molar-refractivity contribution < 1.29 is 14.3 Å². The summed E-state index contributed by atoms with van der Waals surface area (Å²) < 4.78 is 5.66. The first-order valence-corrected chi connectivity index (χ1v) is 8.41. The number of ether oxygens (including phenoxy) is 1. The molecule has 0 aliphatic heterocycles. The molecule has 1 unspecified atom stereocenters. The average molecular weight is 368 g/mol. The Balaban J connectivity index is 2.15. The highest BCUT2D eigenvalue weighted by molar-refractivity contribution is 9.10. The van der Waals surface area contributed by atoms with E-state index in [4.69, 9.17) is 0 Å². The van der Waals surface area contributed by atoms with Crippen LogP contribution in [-0.4, -0.2) is 25.0 Å². The SMILES string of the molecule is COC(=O)CC(C)NC(=O)C1(c2ccc(Br)cc2)CCCC1. The molecule has 0 heterocycles. The summed E-state index contributed by atoms with van der Waals surface area (Å²) in [5.74, 6) is -0.291. The molecular formula is C17H22BrNO3. The third kappa shape index (κ3) is 3.69. The van der Waals surface area contributed by atoms with Gasteiger partial charge in [-0.15, -0.1) is 0 Å². The van der Waals surface area contributed by atoms with Gasteiger partial charge in [0.05, 0.1) is 18.9 Å². The number of benzene rings is 1. The van der Waals surface area contributed by atoms with Crippen molar-refractivity contribution in [2.75, 3.05) is 7.11 Å². The van der Waals surface area contributed by atoms with E-state index in [-0.39, 0.29) is 24.3 Å². The molecule has 22 heavy (non-hydrogen) atoms. The van der Waals surface area contributed by atoms with Crippen LogP contribution in [0, 0.1) is 0 Å². The maximum absolute atomic E-state index is 12.9. The zero-order valence-corrected chi connectivity index (χ0v) is 14.6. The van der Waals surface area contributed by atoms with Crippen LogP contribution in [0.3, 0.4) is 0 Å². The van der Waals surface area contributed by atoms with Crippen LogP contribution in [0.4, 0.5) is 0 Å². The standard InChI is InChI=1S/C17H22BrNO3/c1-12(11-15(20)22-2)19-16(21)17(9-3-4-10-17)13-5-7-14(18)8-6-13/h5-8,12H,3-4,9-11H2,1-2H3,(H,19,21). The summed E-state index contributed by atoms with van der Waals surface area (Å²) in [6.45, 7) is 1.83. The highest BCUT2D eigenvalue weighted by Crippen LogP contribution is 2.41. The van der Waals surface area contributed by atoms with Gasteiger partial charge in [-0.05, 0) is 37.5 Å². The molecule has 5 heteroatoms. The summed E-state index contributed by atoms with van der Waals surface area (Å²) in [5, 5.41) is 2.99. The normalized spacial score (nSPS) is 17.8.